The lowest BCUT2D eigenvalue weighted by molar-refractivity contribution is 1.06. The number of nitrogens with zero attached hydrogens (tertiary/aromatic N) is 1. The number of nitrogens with one attached hydrogen (secondary N) is 2. The van der Waals surface area contributed by atoms with Crippen molar-refractivity contribution < 1.29 is 0 Å². The summed E-state index contributed by atoms with van der Waals surface area (Å²) in [5.41, 5.74) is 6.96. The number of rotatable bonds is 2. The zero-order chi connectivity index (χ0) is 8.27. The van der Waals surface area contributed by atoms with Crippen LogP contribution >= 0.6 is 0 Å². The summed E-state index contributed by atoms with van der Waals surface area (Å²) in [5.74, 6) is 3.19. The Morgan fingerprint density at radius 1 is 1.82 bits per heavy atom. The van der Waals surface area contributed by atoms with E-state index >= 15 is 0 Å². The minimum absolute atomic E-state index is 0.395. The fourth-order valence-electron chi connectivity index (χ4n) is 0.890. The maximum Gasteiger partial charge on any atom is 0.153 e. The van der Waals surface area contributed by atoms with E-state index in [1.165, 1.54) is 0 Å². The molecule has 11 heavy (non-hydrogen) atoms. The molecule has 1 aromatic rings. The Bertz CT molecular complexity index is 281. The van der Waals surface area contributed by atoms with Gasteiger partial charge in [0, 0.05) is 19.2 Å². The first kappa shape index (κ1) is 7.63. The van der Waals surface area contributed by atoms with Crippen molar-refractivity contribution in [3.63, 3.8) is 0 Å². The van der Waals surface area contributed by atoms with Crippen LogP contribution in [0.2, 0.25) is 0 Å². The van der Waals surface area contributed by atoms with Crippen molar-refractivity contribution in [2.24, 2.45) is 5.73 Å². The molecular formula is C7H10N4. The van der Waals surface area contributed by atoms with Crippen LogP contribution in [0.3, 0.4) is 0 Å². The van der Waals surface area contributed by atoms with E-state index in [0.717, 1.165) is 11.4 Å². The molecule has 0 fully saturated rings. The second-order valence-electron chi connectivity index (χ2n) is 2.02. The van der Waals surface area contributed by atoms with Crippen LogP contribution in [-0.2, 0) is 6.54 Å². The molecule has 4 nitrogen and oxygen atoms in total. The van der Waals surface area contributed by atoms with E-state index in [4.69, 9.17) is 12.2 Å². The first-order chi connectivity index (χ1) is 5.33. The molecule has 0 radical (unpaired) electrons. The Morgan fingerprint density at radius 2 is 2.55 bits per heavy atom. The van der Waals surface area contributed by atoms with Gasteiger partial charge < -0.3 is 11.1 Å². The monoisotopic (exact) mass is 150 g/mol. The highest BCUT2D eigenvalue weighted by atomic mass is 15.2. The maximum absolute atomic E-state index is 5.45. The molecule has 0 unspecified atom stereocenters. The molecule has 0 aromatic carbocycles. The largest absolute Gasteiger partial charge is 0.371 e. The summed E-state index contributed by atoms with van der Waals surface area (Å²) >= 11 is 0. The molecule has 0 aliphatic rings. The van der Waals surface area contributed by atoms with Crippen LogP contribution in [0.15, 0.2) is 0 Å². The molecule has 0 bridgehead atoms. The average Bonchev–Trinajstić information content (AvgIpc) is 2.45. The minimum atomic E-state index is 0.395. The summed E-state index contributed by atoms with van der Waals surface area (Å²) in [6, 6.07) is 0. The standard InChI is InChI=1S/C7H10N4/c1-3-6-5(4-8)7(9-2)11-10-6/h1H,4,8H2,2H3,(H2,9,10,11). The molecule has 0 saturated heterocycles. The first-order valence-electron chi connectivity index (χ1n) is 3.25. The smallest absolute Gasteiger partial charge is 0.153 e. The first-order valence-corrected chi connectivity index (χ1v) is 3.25. The zero-order valence-corrected chi connectivity index (χ0v) is 6.31. The molecule has 1 rings (SSSR count). The topological polar surface area (TPSA) is 66.7 Å². The van der Waals surface area contributed by atoms with Gasteiger partial charge in [-0.3, -0.25) is 5.10 Å². The molecule has 0 aliphatic heterocycles. The van der Waals surface area contributed by atoms with Gasteiger partial charge in [0.1, 0.15) is 5.69 Å². The van der Waals surface area contributed by atoms with Crippen molar-refractivity contribution in [1.82, 2.24) is 10.2 Å². The highest BCUT2D eigenvalue weighted by Crippen LogP contribution is 2.13. The molecule has 1 aromatic heterocycles. The second kappa shape index (κ2) is 3.08. The quantitative estimate of drug-likeness (QED) is 0.515. The van der Waals surface area contributed by atoms with Gasteiger partial charge in [0.25, 0.3) is 0 Å². The normalized spacial score (nSPS) is 9.18. The molecule has 1 heterocycles. The molecule has 0 spiro atoms. The number of nitrogens with two attached hydrogens (primary N) is 1. The van der Waals surface area contributed by atoms with Gasteiger partial charge in [-0.05, 0) is 0 Å². The summed E-state index contributed by atoms with van der Waals surface area (Å²) in [6.45, 7) is 0.395. The Hall–Kier alpha value is -1.47. The van der Waals surface area contributed by atoms with Crippen molar-refractivity contribution in [3.8, 4) is 12.3 Å². The van der Waals surface area contributed by atoms with Crippen LogP contribution in [0.5, 0.6) is 0 Å². The third-order valence-corrected chi connectivity index (χ3v) is 1.45. The summed E-state index contributed by atoms with van der Waals surface area (Å²) in [4.78, 5) is 0. The van der Waals surface area contributed by atoms with Gasteiger partial charge in [0.05, 0.1) is 0 Å². The van der Waals surface area contributed by atoms with E-state index in [1.54, 1.807) is 7.05 Å². The van der Waals surface area contributed by atoms with Gasteiger partial charge in [-0.1, -0.05) is 5.92 Å². The highest BCUT2D eigenvalue weighted by Gasteiger charge is 2.06. The fourth-order valence-corrected chi connectivity index (χ4v) is 0.890. The fraction of sp³-hybridized carbons (Fsp3) is 0.286. The number of aromatic amines is 1. The third-order valence-electron chi connectivity index (χ3n) is 1.45. The lowest BCUT2D eigenvalue weighted by Gasteiger charge is -1.96. The number of aromatic nitrogens is 2. The van der Waals surface area contributed by atoms with E-state index in [-0.39, 0.29) is 0 Å². The Kier molecular flexibility index (Phi) is 2.14. The van der Waals surface area contributed by atoms with Gasteiger partial charge in [-0.15, -0.1) is 6.42 Å². The third kappa shape index (κ3) is 1.18. The minimum Gasteiger partial charge on any atom is -0.371 e. The Labute approximate surface area is 65.2 Å². The van der Waals surface area contributed by atoms with Crippen LogP contribution in [0.1, 0.15) is 11.3 Å². The molecule has 0 atom stereocenters. The van der Waals surface area contributed by atoms with Gasteiger partial charge in [-0.25, -0.2) is 0 Å². The van der Waals surface area contributed by atoms with Crippen molar-refractivity contribution in [3.05, 3.63) is 11.3 Å². The SMILES string of the molecule is C#Cc1[nH]nc(NC)c1CN. The van der Waals surface area contributed by atoms with E-state index in [1.807, 2.05) is 0 Å². The van der Waals surface area contributed by atoms with Crippen LogP contribution in [-0.4, -0.2) is 17.2 Å². The Morgan fingerprint density at radius 3 is 3.00 bits per heavy atom. The van der Waals surface area contributed by atoms with Crippen LogP contribution in [0, 0.1) is 12.3 Å². The summed E-state index contributed by atoms with van der Waals surface area (Å²) in [6.07, 6.45) is 5.19. The lowest BCUT2D eigenvalue weighted by Crippen LogP contribution is -2.01. The molecule has 4 heteroatoms. The summed E-state index contributed by atoms with van der Waals surface area (Å²) in [7, 11) is 1.77. The zero-order valence-electron chi connectivity index (χ0n) is 6.31. The number of terminal acetylenes is 1. The number of hydrogen-bond acceptors (Lipinski definition) is 3. The van der Waals surface area contributed by atoms with Gasteiger partial charge in [0.15, 0.2) is 5.82 Å². The predicted octanol–water partition coefficient (Wildman–Crippen LogP) is -0.109. The van der Waals surface area contributed by atoms with Gasteiger partial charge >= 0.3 is 0 Å². The number of anilines is 1. The molecule has 58 valence electrons. The van der Waals surface area contributed by atoms with Crippen molar-refractivity contribution >= 4 is 5.82 Å². The number of hydrogen-bond donors (Lipinski definition) is 3. The van der Waals surface area contributed by atoms with E-state index in [0.29, 0.717) is 12.2 Å². The summed E-state index contributed by atoms with van der Waals surface area (Å²) in [5, 5.41) is 9.50. The molecule has 0 saturated carbocycles. The van der Waals surface area contributed by atoms with E-state index in [2.05, 4.69) is 21.4 Å². The van der Waals surface area contributed by atoms with E-state index < -0.39 is 0 Å². The van der Waals surface area contributed by atoms with Gasteiger partial charge in [-0.2, -0.15) is 5.10 Å². The van der Waals surface area contributed by atoms with Crippen LogP contribution in [0.4, 0.5) is 5.82 Å². The molecule has 0 amide bonds. The predicted molar refractivity (Wildman–Crippen MR) is 44.0 cm³/mol. The van der Waals surface area contributed by atoms with Crippen molar-refractivity contribution in [1.29, 1.82) is 0 Å². The maximum atomic E-state index is 5.45. The van der Waals surface area contributed by atoms with Crippen molar-refractivity contribution in [2.45, 2.75) is 6.54 Å². The molecule has 0 aliphatic carbocycles. The Balaban J connectivity index is 3.12. The summed E-state index contributed by atoms with van der Waals surface area (Å²) < 4.78 is 0. The van der Waals surface area contributed by atoms with Crippen LogP contribution < -0.4 is 11.1 Å². The van der Waals surface area contributed by atoms with Crippen LogP contribution in [0.25, 0.3) is 0 Å². The molecule has 4 N–H and O–H groups in total. The van der Waals surface area contributed by atoms with Gasteiger partial charge in [0.2, 0.25) is 0 Å². The average molecular weight is 150 g/mol. The highest BCUT2D eigenvalue weighted by molar-refractivity contribution is 5.50. The number of H-pyrrole nitrogens is 1. The second-order valence-corrected chi connectivity index (χ2v) is 2.02. The lowest BCUT2D eigenvalue weighted by atomic mass is 10.2. The van der Waals surface area contributed by atoms with E-state index in [9.17, 15) is 0 Å². The van der Waals surface area contributed by atoms with Crippen molar-refractivity contribution in [2.75, 3.05) is 12.4 Å². The molecular weight excluding hydrogens is 140 g/mol.